The average molecular weight is 485 g/mol. The van der Waals surface area contributed by atoms with E-state index in [0.717, 1.165) is 16.8 Å². The number of benzene rings is 3. The van der Waals surface area contributed by atoms with E-state index in [1.54, 1.807) is 24.3 Å². The molecule has 0 aliphatic rings. The Bertz CT molecular complexity index is 1230. The highest BCUT2D eigenvalue weighted by atomic mass is 35.5. The summed E-state index contributed by atoms with van der Waals surface area (Å²) in [6, 6.07) is 18.9. The van der Waals surface area contributed by atoms with Crippen molar-refractivity contribution in [3.05, 3.63) is 88.4 Å². The summed E-state index contributed by atoms with van der Waals surface area (Å²) in [4.78, 5) is 13.3. The molecule has 0 aromatic heterocycles. The van der Waals surface area contributed by atoms with E-state index in [1.807, 2.05) is 24.3 Å². The van der Waals surface area contributed by atoms with Crippen molar-refractivity contribution in [3.8, 4) is 0 Å². The van der Waals surface area contributed by atoms with Gasteiger partial charge in [-0.3, -0.25) is 9.10 Å². The zero-order valence-electron chi connectivity index (χ0n) is 19.5. The number of halogens is 1. The third kappa shape index (κ3) is 5.23. The first kappa shape index (κ1) is 24.8. The monoisotopic (exact) mass is 484 g/mol. The molecule has 5 nitrogen and oxygen atoms in total. The maximum absolute atomic E-state index is 13.3. The molecular formula is C26H29ClN2O3S. The van der Waals surface area contributed by atoms with Crippen molar-refractivity contribution in [2.45, 2.75) is 44.4 Å². The van der Waals surface area contributed by atoms with E-state index in [9.17, 15) is 13.2 Å². The molecule has 0 unspecified atom stereocenters. The maximum atomic E-state index is 13.3. The molecule has 0 aliphatic carbocycles. The lowest BCUT2D eigenvalue weighted by Gasteiger charge is -2.21. The molecule has 0 bridgehead atoms. The molecule has 3 aromatic rings. The molecule has 0 saturated carbocycles. The van der Waals surface area contributed by atoms with Gasteiger partial charge in [0.1, 0.15) is 0 Å². The number of sulfonamides is 1. The molecule has 1 N–H and O–H groups in total. The number of para-hydroxylation sites is 2. The van der Waals surface area contributed by atoms with E-state index in [4.69, 9.17) is 11.6 Å². The van der Waals surface area contributed by atoms with Crippen LogP contribution in [0.2, 0.25) is 5.02 Å². The van der Waals surface area contributed by atoms with Crippen LogP contribution < -0.4 is 9.62 Å². The number of anilines is 2. The molecule has 3 aromatic carbocycles. The minimum Gasteiger partial charge on any atom is -0.321 e. The first-order valence-corrected chi connectivity index (χ1v) is 12.6. The molecule has 0 aliphatic heterocycles. The van der Waals surface area contributed by atoms with Gasteiger partial charge in [-0.15, -0.1) is 0 Å². The highest BCUT2D eigenvalue weighted by Crippen LogP contribution is 2.33. The largest absolute Gasteiger partial charge is 0.321 e. The van der Waals surface area contributed by atoms with E-state index in [-0.39, 0.29) is 27.3 Å². The van der Waals surface area contributed by atoms with Crippen LogP contribution in [0.3, 0.4) is 0 Å². The van der Waals surface area contributed by atoms with Crippen molar-refractivity contribution in [1.29, 1.82) is 0 Å². The van der Waals surface area contributed by atoms with Crippen LogP contribution in [0.4, 0.5) is 11.4 Å². The number of carbonyl (C=O) groups is 1. The predicted octanol–water partition coefficient (Wildman–Crippen LogP) is 6.66. The number of amides is 1. The smallest absolute Gasteiger partial charge is 0.264 e. The van der Waals surface area contributed by atoms with Crippen LogP contribution in [-0.2, 0) is 10.0 Å². The van der Waals surface area contributed by atoms with E-state index in [1.165, 1.54) is 29.6 Å². The molecular weight excluding hydrogens is 456 g/mol. The van der Waals surface area contributed by atoms with Crippen molar-refractivity contribution in [2.75, 3.05) is 16.7 Å². The summed E-state index contributed by atoms with van der Waals surface area (Å²) in [6.07, 6.45) is 0. The Balaban J connectivity index is 2.01. The molecule has 0 radical (unpaired) electrons. The molecule has 33 heavy (non-hydrogen) atoms. The van der Waals surface area contributed by atoms with E-state index in [2.05, 4.69) is 33.0 Å². The third-order valence-corrected chi connectivity index (χ3v) is 7.68. The second kappa shape index (κ2) is 9.98. The van der Waals surface area contributed by atoms with Crippen LogP contribution >= 0.6 is 11.6 Å². The van der Waals surface area contributed by atoms with Crippen LogP contribution in [0.25, 0.3) is 0 Å². The first-order valence-electron chi connectivity index (χ1n) is 10.8. The van der Waals surface area contributed by atoms with Gasteiger partial charge in [0.25, 0.3) is 15.9 Å². The lowest BCUT2D eigenvalue weighted by Crippen LogP contribution is -2.27. The van der Waals surface area contributed by atoms with Crippen molar-refractivity contribution in [3.63, 3.8) is 0 Å². The summed E-state index contributed by atoms with van der Waals surface area (Å²) in [7, 11) is -2.41. The highest BCUT2D eigenvalue weighted by Gasteiger charge is 2.24. The molecule has 3 rings (SSSR count). The van der Waals surface area contributed by atoms with Crippen LogP contribution in [0.5, 0.6) is 0 Å². The zero-order chi connectivity index (χ0) is 24.3. The fourth-order valence-corrected chi connectivity index (χ4v) is 5.08. The van der Waals surface area contributed by atoms with Gasteiger partial charge in [-0.05, 0) is 53.3 Å². The minimum absolute atomic E-state index is 0.00960. The van der Waals surface area contributed by atoms with Gasteiger partial charge < -0.3 is 5.32 Å². The quantitative estimate of drug-likeness (QED) is 0.407. The maximum Gasteiger partial charge on any atom is 0.264 e. The van der Waals surface area contributed by atoms with Crippen LogP contribution in [0, 0.1) is 0 Å². The van der Waals surface area contributed by atoms with Gasteiger partial charge in [-0.1, -0.05) is 75.7 Å². The molecule has 0 saturated heterocycles. The number of hydrogen-bond acceptors (Lipinski definition) is 3. The van der Waals surface area contributed by atoms with E-state index >= 15 is 0 Å². The molecule has 174 valence electrons. The molecule has 0 fully saturated rings. The van der Waals surface area contributed by atoms with Crippen molar-refractivity contribution in [1.82, 2.24) is 0 Å². The second-order valence-corrected chi connectivity index (χ2v) is 10.9. The molecule has 0 spiro atoms. The Hall–Kier alpha value is -2.83. The molecule has 7 heteroatoms. The molecule has 0 heterocycles. The lowest BCUT2D eigenvalue weighted by atomic mass is 9.92. The van der Waals surface area contributed by atoms with E-state index < -0.39 is 15.9 Å². The highest BCUT2D eigenvalue weighted by molar-refractivity contribution is 7.92. The first-order chi connectivity index (χ1) is 15.5. The predicted molar refractivity (Wildman–Crippen MR) is 136 cm³/mol. The Morgan fingerprint density at radius 3 is 2.00 bits per heavy atom. The minimum atomic E-state index is -3.89. The van der Waals surface area contributed by atoms with Gasteiger partial charge in [0.15, 0.2) is 0 Å². The van der Waals surface area contributed by atoms with Crippen LogP contribution in [0.15, 0.2) is 71.6 Å². The van der Waals surface area contributed by atoms with Gasteiger partial charge in [-0.25, -0.2) is 8.42 Å². The third-order valence-electron chi connectivity index (χ3n) is 5.57. The average Bonchev–Trinajstić information content (AvgIpc) is 2.78. The summed E-state index contributed by atoms with van der Waals surface area (Å²) in [6.45, 7) is 8.26. The van der Waals surface area contributed by atoms with Gasteiger partial charge in [0, 0.05) is 12.7 Å². The Labute approximate surface area is 201 Å². The SMILES string of the molecule is CC(C)c1cccc(C(C)C)c1NC(=O)c1cc(S(=O)(=O)N(C)c2ccccc2)ccc1Cl. The van der Waals surface area contributed by atoms with Crippen LogP contribution in [-0.4, -0.2) is 21.4 Å². The fourth-order valence-electron chi connectivity index (χ4n) is 3.65. The van der Waals surface area contributed by atoms with Crippen molar-refractivity contribution >= 4 is 38.9 Å². The lowest BCUT2D eigenvalue weighted by molar-refractivity contribution is 0.102. The number of nitrogens with zero attached hydrogens (tertiary/aromatic N) is 1. The summed E-state index contributed by atoms with van der Waals surface area (Å²) in [5.41, 5.74) is 3.40. The van der Waals surface area contributed by atoms with Crippen molar-refractivity contribution in [2.24, 2.45) is 0 Å². The summed E-state index contributed by atoms with van der Waals surface area (Å²) >= 11 is 6.34. The Kier molecular flexibility index (Phi) is 7.50. The normalized spacial score (nSPS) is 11.6. The second-order valence-electron chi connectivity index (χ2n) is 8.52. The Morgan fingerprint density at radius 1 is 0.879 bits per heavy atom. The Morgan fingerprint density at radius 2 is 1.45 bits per heavy atom. The summed E-state index contributed by atoms with van der Waals surface area (Å²) in [5, 5.41) is 3.19. The number of rotatable bonds is 7. The van der Waals surface area contributed by atoms with Gasteiger partial charge in [-0.2, -0.15) is 0 Å². The molecule has 1 amide bonds. The molecule has 0 atom stereocenters. The summed E-state index contributed by atoms with van der Waals surface area (Å²) in [5.74, 6) is -0.0594. The van der Waals surface area contributed by atoms with Gasteiger partial charge in [0.2, 0.25) is 0 Å². The fraction of sp³-hybridized carbons (Fsp3) is 0.269. The van der Waals surface area contributed by atoms with Crippen LogP contribution in [0.1, 0.15) is 61.0 Å². The number of hydrogen-bond donors (Lipinski definition) is 1. The number of nitrogens with one attached hydrogen (secondary N) is 1. The van der Waals surface area contributed by atoms with E-state index in [0.29, 0.717) is 5.69 Å². The van der Waals surface area contributed by atoms with Gasteiger partial charge in [0.05, 0.1) is 21.2 Å². The topological polar surface area (TPSA) is 66.5 Å². The zero-order valence-corrected chi connectivity index (χ0v) is 21.0. The standard InChI is InChI=1S/C26H29ClN2O3S/c1-17(2)21-12-9-13-22(18(3)4)25(21)28-26(30)23-16-20(14-15-24(23)27)33(31,32)29(5)19-10-7-6-8-11-19/h6-18H,1-5H3,(H,28,30). The summed E-state index contributed by atoms with van der Waals surface area (Å²) < 4.78 is 27.6. The number of carbonyl (C=O) groups excluding carboxylic acids is 1. The van der Waals surface area contributed by atoms with Crippen molar-refractivity contribution < 1.29 is 13.2 Å². The van der Waals surface area contributed by atoms with Gasteiger partial charge >= 0.3 is 0 Å².